The Hall–Kier alpha value is -2.49. The van der Waals surface area contributed by atoms with E-state index in [2.05, 4.69) is 10.3 Å². The van der Waals surface area contributed by atoms with Crippen LogP contribution in [0.25, 0.3) is 10.2 Å². The molecular weight excluding hydrogens is 426 g/mol. The van der Waals surface area contributed by atoms with Crippen LogP contribution in [0.4, 0.5) is 5.69 Å². The SMILES string of the molecule is C/C(Nc1ccccc1)=C(/C(=O)O)N1C(=O)CC1SSc1nc2ccccc2s1. The van der Waals surface area contributed by atoms with Crippen molar-refractivity contribution in [3.8, 4) is 0 Å². The number of carbonyl (C=O) groups is 2. The third kappa shape index (κ3) is 4.26. The Morgan fingerprint density at radius 1 is 1.21 bits per heavy atom. The molecule has 0 aliphatic carbocycles. The van der Waals surface area contributed by atoms with Gasteiger partial charge in [-0.15, -0.1) is 11.3 Å². The monoisotopic (exact) mass is 443 g/mol. The fourth-order valence-electron chi connectivity index (χ4n) is 2.96. The average Bonchev–Trinajstić information content (AvgIpc) is 3.12. The molecule has 0 radical (unpaired) electrons. The predicted octanol–water partition coefficient (Wildman–Crippen LogP) is 5.02. The number of hydrogen-bond donors (Lipinski definition) is 2. The van der Waals surface area contributed by atoms with Gasteiger partial charge in [0.1, 0.15) is 11.1 Å². The predicted molar refractivity (Wildman–Crippen MR) is 119 cm³/mol. The quantitative estimate of drug-likeness (QED) is 0.301. The van der Waals surface area contributed by atoms with Gasteiger partial charge in [0, 0.05) is 11.4 Å². The van der Waals surface area contributed by atoms with E-state index in [0.29, 0.717) is 12.1 Å². The maximum atomic E-state index is 12.3. The number of rotatable bonds is 7. The maximum absolute atomic E-state index is 12.3. The maximum Gasteiger partial charge on any atom is 0.354 e. The van der Waals surface area contributed by atoms with Crippen molar-refractivity contribution < 1.29 is 14.7 Å². The normalized spacial score (nSPS) is 17.1. The molecule has 1 atom stereocenters. The highest BCUT2D eigenvalue weighted by molar-refractivity contribution is 8.77. The number of para-hydroxylation sites is 2. The van der Waals surface area contributed by atoms with Crippen LogP contribution in [-0.4, -0.2) is 32.2 Å². The molecule has 1 aliphatic rings. The summed E-state index contributed by atoms with van der Waals surface area (Å²) < 4.78 is 1.99. The number of nitrogens with one attached hydrogen (secondary N) is 1. The molecule has 6 nitrogen and oxygen atoms in total. The van der Waals surface area contributed by atoms with Crippen molar-refractivity contribution in [3.63, 3.8) is 0 Å². The minimum atomic E-state index is -1.13. The van der Waals surface area contributed by atoms with E-state index in [9.17, 15) is 14.7 Å². The van der Waals surface area contributed by atoms with Crippen molar-refractivity contribution in [2.75, 3.05) is 5.32 Å². The molecule has 1 amide bonds. The fourth-order valence-corrected chi connectivity index (χ4v) is 6.72. The average molecular weight is 444 g/mol. The number of likely N-dealkylation sites (tertiary alicyclic amines) is 1. The fraction of sp³-hybridized carbons (Fsp3) is 0.150. The van der Waals surface area contributed by atoms with Crippen LogP contribution in [0.15, 0.2) is 70.3 Å². The van der Waals surface area contributed by atoms with E-state index in [4.69, 9.17) is 0 Å². The number of carbonyl (C=O) groups excluding carboxylic acids is 1. The largest absolute Gasteiger partial charge is 0.477 e. The summed E-state index contributed by atoms with van der Waals surface area (Å²) in [4.78, 5) is 30.1. The Morgan fingerprint density at radius 2 is 1.93 bits per heavy atom. The third-order valence-electron chi connectivity index (χ3n) is 4.31. The number of hydrogen-bond acceptors (Lipinski definition) is 7. The summed E-state index contributed by atoms with van der Waals surface area (Å²) in [5.74, 6) is -1.33. The van der Waals surface area contributed by atoms with E-state index in [0.717, 1.165) is 20.2 Å². The van der Waals surface area contributed by atoms with Gasteiger partial charge in [0.25, 0.3) is 0 Å². The van der Waals surface area contributed by atoms with E-state index in [1.807, 2.05) is 54.6 Å². The Morgan fingerprint density at radius 3 is 2.62 bits per heavy atom. The van der Waals surface area contributed by atoms with Crippen LogP contribution >= 0.6 is 32.9 Å². The standard InChI is InChI=1S/C20H17N3O3S3/c1-12(21-13-7-3-2-4-8-13)18(19(25)26)23-16(24)11-17(23)28-29-20-22-14-9-5-6-10-15(14)27-20/h2-10,17,21H,11H2,1H3,(H,25,26)/b18-12+. The van der Waals surface area contributed by atoms with E-state index < -0.39 is 5.97 Å². The van der Waals surface area contributed by atoms with Crippen LogP contribution in [0.3, 0.4) is 0 Å². The van der Waals surface area contributed by atoms with E-state index in [-0.39, 0.29) is 17.0 Å². The van der Waals surface area contributed by atoms with Gasteiger partial charge in [-0.05, 0) is 42.0 Å². The zero-order valence-corrected chi connectivity index (χ0v) is 17.8. The summed E-state index contributed by atoms with van der Waals surface area (Å²) in [5.41, 5.74) is 2.11. The minimum Gasteiger partial charge on any atom is -0.477 e. The van der Waals surface area contributed by atoms with Crippen LogP contribution in [0.2, 0.25) is 0 Å². The van der Waals surface area contributed by atoms with Crippen molar-refractivity contribution in [2.45, 2.75) is 23.1 Å². The van der Waals surface area contributed by atoms with Crippen LogP contribution in [0.5, 0.6) is 0 Å². The molecule has 148 valence electrons. The van der Waals surface area contributed by atoms with Gasteiger partial charge in [-0.3, -0.25) is 9.69 Å². The summed E-state index contributed by atoms with van der Waals surface area (Å²) >= 11 is 1.59. The highest BCUT2D eigenvalue weighted by atomic mass is 33.1. The number of fused-ring (bicyclic) bond motifs is 1. The highest BCUT2D eigenvalue weighted by Gasteiger charge is 2.42. The Balaban J connectivity index is 1.50. The molecule has 1 fully saturated rings. The molecule has 1 unspecified atom stereocenters. The lowest BCUT2D eigenvalue weighted by Crippen LogP contribution is -2.51. The summed E-state index contributed by atoms with van der Waals surface area (Å²) in [7, 11) is 2.93. The molecule has 2 aromatic carbocycles. The molecule has 1 aromatic heterocycles. The second kappa shape index (κ2) is 8.48. The van der Waals surface area contributed by atoms with Gasteiger partial charge in [-0.1, -0.05) is 41.1 Å². The summed E-state index contributed by atoms with van der Waals surface area (Å²) in [6, 6.07) is 17.2. The van der Waals surface area contributed by atoms with Gasteiger partial charge in [-0.2, -0.15) is 0 Å². The van der Waals surface area contributed by atoms with Crippen molar-refractivity contribution in [1.82, 2.24) is 9.88 Å². The van der Waals surface area contributed by atoms with Crippen LogP contribution in [-0.2, 0) is 9.59 Å². The van der Waals surface area contributed by atoms with Crippen molar-refractivity contribution in [2.24, 2.45) is 0 Å². The molecule has 2 N–H and O–H groups in total. The number of β-lactam (4-membered cyclic amide) rings is 1. The number of aliphatic carboxylic acids is 1. The number of anilines is 1. The lowest BCUT2D eigenvalue weighted by Gasteiger charge is -2.39. The summed E-state index contributed by atoms with van der Waals surface area (Å²) in [5, 5.41) is 12.6. The molecule has 0 spiro atoms. The van der Waals surface area contributed by atoms with Gasteiger partial charge in [0.05, 0.1) is 16.6 Å². The number of allylic oxidation sites excluding steroid dienone is 1. The lowest BCUT2D eigenvalue weighted by atomic mass is 10.1. The number of thiazole rings is 1. The molecule has 0 bridgehead atoms. The number of benzene rings is 2. The number of nitrogens with zero attached hydrogens (tertiary/aromatic N) is 2. The van der Waals surface area contributed by atoms with E-state index in [1.54, 1.807) is 18.3 Å². The first-order valence-corrected chi connectivity index (χ1v) is 11.8. The van der Waals surface area contributed by atoms with Gasteiger partial charge in [-0.25, -0.2) is 9.78 Å². The molecule has 29 heavy (non-hydrogen) atoms. The Labute approximate surface area is 179 Å². The first kappa shape index (κ1) is 19.8. The summed E-state index contributed by atoms with van der Waals surface area (Å²) in [6.07, 6.45) is 0.304. The zero-order chi connectivity index (χ0) is 20.4. The Bertz CT molecular complexity index is 1060. The topological polar surface area (TPSA) is 82.5 Å². The first-order chi connectivity index (χ1) is 14.0. The highest BCUT2D eigenvalue weighted by Crippen LogP contribution is 2.45. The van der Waals surface area contributed by atoms with E-state index in [1.165, 1.54) is 26.5 Å². The second-order valence-electron chi connectivity index (χ2n) is 6.32. The molecule has 9 heteroatoms. The Kier molecular flexibility index (Phi) is 5.79. The van der Waals surface area contributed by atoms with Gasteiger partial charge in [0.15, 0.2) is 4.34 Å². The minimum absolute atomic E-state index is 0.0208. The molecule has 4 rings (SSSR count). The molecule has 1 saturated heterocycles. The molecule has 0 saturated carbocycles. The van der Waals surface area contributed by atoms with Crippen molar-refractivity contribution >= 4 is 60.7 Å². The second-order valence-corrected chi connectivity index (χ2v) is 9.98. The zero-order valence-electron chi connectivity index (χ0n) is 15.4. The van der Waals surface area contributed by atoms with Crippen LogP contribution < -0.4 is 5.32 Å². The van der Waals surface area contributed by atoms with Gasteiger partial charge >= 0.3 is 5.97 Å². The molecule has 1 aliphatic heterocycles. The molecule has 3 aromatic rings. The van der Waals surface area contributed by atoms with Crippen molar-refractivity contribution in [1.29, 1.82) is 0 Å². The summed E-state index contributed by atoms with van der Waals surface area (Å²) in [6.45, 7) is 1.67. The third-order valence-corrected chi connectivity index (χ3v) is 8.32. The van der Waals surface area contributed by atoms with Crippen molar-refractivity contribution in [3.05, 3.63) is 66.0 Å². The molecule has 2 heterocycles. The smallest absolute Gasteiger partial charge is 0.354 e. The number of carboxylic acid groups (broad SMARTS) is 1. The van der Waals surface area contributed by atoms with Crippen LogP contribution in [0.1, 0.15) is 13.3 Å². The number of aromatic nitrogens is 1. The number of carboxylic acids is 1. The van der Waals surface area contributed by atoms with Gasteiger partial charge in [0.2, 0.25) is 5.91 Å². The van der Waals surface area contributed by atoms with E-state index >= 15 is 0 Å². The lowest BCUT2D eigenvalue weighted by molar-refractivity contribution is -0.145. The van der Waals surface area contributed by atoms with Crippen LogP contribution in [0, 0.1) is 0 Å². The number of amides is 1. The molecular formula is C20H17N3O3S3. The van der Waals surface area contributed by atoms with Gasteiger partial charge < -0.3 is 10.4 Å². The first-order valence-electron chi connectivity index (χ1n) is 8.80.